The Bertz CT molecular complexity index is 1130. The minimum absolute atomic E-state index is 0.479. The molecule has 0 amide bonds. The third-order valence-electron chi connectivity index (χ3n) is 5.53. The molecule has 1 atom stereocenters. The highest BCUT2D eigenvalue weighted by Gasteiger charge is 2.20. The van der Waals surface area contributed by atoms with Crippen LogP contribution in [0.1, 0.15) is 6.42 Å². The van der Waals surface area contributed by atoms with Crippen molar-refractivity contribution in [3.05, 3.63) is 55.0 Å². The summed E-state index contributed by atoms with van der Waals surface area (Å²) in [5, 5.41) is 4.95. The van der Waals surface area contributed by atoms with Gasteiger partial charge in [0.25, 0.3) is 0 Å². The minimum Gasteiger partial charge on any atom is -0.381 e. The number of hydrogen-bond acceptors (Lipinski definition) is 4. The Morgan fingerprint density at radius 1 is 1.04 bits per heavy atom. The summed E-state index contributed by atoms with van der Waals surface area (Å²) in [4.78, 5) is 11.6. The molecule has 1 saturated heterocycles. The van der Waals surface area contributed by atoms with Crippen molar-refractivity contribution in [2.45, 2.75) is 12.5 Å². The second-order valence-corrected chi connectivity index (χ2v) is 7.54. The highest BCUT2D eigenvalue weighted by molar-refractivity contribution is 5.97. The van der Waals surface area contributed by atoms with Gasteiger partial charge in [-0.15, -0.1) is 0 Å². The number of aromatic nitrogens is 3. The van der Waals surface area contributed by atoms with Gasteiger partial charge in [0.15, 0.2) is 0 Å². The van der Waals surface area contributed by atoms with Gasteiger partial charge in [0, 0.05) is 55.0 Å². The van der Waals surface area contributed by atoms with Crippen LogP contribution in [-0.2, 0) is 7.05 Å². The van der Waals surface area contributed by atoms with Crippen LogP contribution >= 0.6 is 0 Å². The maximum Gasteiger partial charge on any atom is 0.0966 e. The lowest BCUT2D eigenvalue weighted by atomic mass is 10.0. The molecule has 2 aromatic carbocycles. The molecule has 1 unspecified atom stereocenters. The summed E-state index contributed by atoms with van der Waals surface area (Å²) in [5.41, 5.74) is 6.50. The molecule has 2 aromatic heterocycles. The minimum atomic E-state index is 0.479. The Kier molecular flexibility index (Phi) is 3.83. The molecule has 1 aliphatic heterocycles. The molecule has 1 fully saturated rings. The lowest BCUT2D eigenvalue weighted by Crippen LogP contribution is -2.23. The highest BCUT2D eigenvalue weighted by Crippen LogP contribution is 2.32. The zero-order valence-electron chi connectivity index (χ0n) is 15.7. The summed E-state index contributed by atoms with van der Waals surface area (Å²) in [6.45, 7) is 2.21. The van der Waals surface area contributed by atoms with E-state index in [0.717, 1.165) is 35.4 Å². The fourth-order valence-corrected chi connectivity index (χ4v) is 4.10. The van der Waals surface area contributed by atoms with Gasteiger partial charge in [-0.1, -0.05) is 12.1 Å². The summed E-state index contributed by atoms with van der Waals surface area (Å²) in [6.07, 6.45) is 6.80. The number of fused-ring (bicyclic) bond motifs is 2. The van der Waals surface area contributed by atoms with Crippen molar-refractivity contribution in [3.63, 3.8) is 0 Å². The summed E-state index contributed by atoms with van der Waals surface area (Å²) < 4.78 is 2.16. The van der Waals surface area contributed by atoms with Gasteiger partial charge < -0.3 is 14.8 Å². The topological polar surface area (TPSA) is 46.0 Å². The molecule has 0 saturated carbocycles. The fraction of sp³-hybridized carbons (Fsp3) is 0.273. The van der Waals surface area contributed by atoms with Crippen LogP contribution in [-0.4, -0.2) is 45.6 Å². The molecular formula is C22H23N5. The van der Waals surface area contributed by atoms with E-state index in [4.69, 9.17) is 0 Å². The summed E-state index contributed by atoms with van der Waals surface area (Å²) >= 11 is 0. The van der Waals surface area contributed by atoms with E-state index in [9.17, 15) is 0 Å². The van der Waals surface area contributed by atoms with E-state index in [1.54, 1.807) is 12.4 Å². The predicted octanol–water partition coefficient (Wildman–Crippen LogP) is 3.90. The Morgan fingerprint density at radius 3 is 2.78 bits per heavy atom. The molecule has 136 valence electrons. The molecule has 4 aromatic rings. The first kappa shape index (κ1) is 16.3. The largest absolute Gasteiger partial charge is 0.381 e. The van der Waals surface area contributed by atoms with Gasteiger partial charge in [0.1, 0.15) is 0 Å². The van der Waals surface area contributed by atoms with Crippen molar-refractivity contribution in [2.24, 2.45) is 7.05 Å². The van der Waals surface area contributed by atoms with Gasteiger partial charge in [0.05, 0.1) is 11.0 Å². The monoisotopic (exact) mass is 357 g/mol. The third-order valence-corrected chi connectivity index (χ3v) is 5.53. The average molecular weight is 357 g/mol. The van der Waals surface area contributed by atoms with E-state index in [1.165, 1.54) is 22.9 Å². The lowest BCUT2D eigenvalue weighted by Gasteiger charge is -2.16. The Morgan fingerprint density at radius 2 is 1.93 bits per heavy atom. The zero-order valence-corrected chi connectivity index (χ0v) is 15.7. The number of benzene rings is 2. The second-order valence-electron chi connectivity index (χ2n) is 7.54. The second kappa shape index (κ2) is 6.35. The molecule has 0 radical (unpaired) electrons. The van der Waals surface area contributed by atoms with Gasteiger partial charge in [0.2, 0.25) is 0 Å². The average Bonchev–Trinajstić information content (AvgIpc) is 3.26. The summed E-state index contributed by atoms with van der Waals surface area (Å²) in [5.74, 6) is 0. The van der Waals surface area contributed by atoms with Gasteiger partial charge in [-0.25, -0.2) is 0 Å². The zero-order chi connectivity index (χ0) is 18.4. The van der Waals surface area contributed by atoms with Gasteiger partial charge in [-0.2, -0.15) is 0 Å². The molecular weight excluding hydrogens is 334 g/mol. The van der Waals surface area contributed by atoms with Crippen LogP contribution in [0.25, 0.3) is 33.1 Å². The Balaban J connectivity index is 1.63. The Hall–Kier alpha value is -2.92. The van der Waals surface area contributed by atoms with Crippen molar-refractivity contribution in [1.29, 1.82) is 0 Å². The van der Waals surface area contributed by atoms with E-state index in [2.05, 4.69) is 81.4 Å². The Labute approximate surface area is 158 Å². The number of rotatable bonds is 3. The smallest absolute Gasteiger partial charge is 0.0966 e. The quantitative estimate of drug-likeness (QED) is 0.604. The van der Waals surface area contributed by atoms with Gasteiger partial charge in [-0.05, 0) is 55.2 Å². The van der Waals surface area contributed by atoms with E-state index < -0.39 is 0 Å². The molecule has 5 heteroatoms. The van der Waals surface area contributed by atoms with Crippen LogP contribution in [0.5, 0.6) is 0 Å². The van der Waals surface area contributed by atoms with E-state index in [-0.39, 0.29) is 0 Å². The van der Waals surface area contributed by atoms with Crippen LogP contribution in [0, 0.1) is 0 Å². The predicted molar refractivity (Wildman–Crippen MR) is 111 cm³/mol. The maximum absolute atomic E-state index is 4.63. The van der Waals surface area contributed by atoms with Gasteiger partial charge in [-0.3, -0.25) is 9.97 Å². The van der Waals surface area contributed by atoms with Crippen molar-refractivity contribution in [1.82, 2.24) is 19.4 Å². The molecule has 0 bridgehead atoms. The van der Waals surface area contributed by atoms with Crippen LogP contribution in [0.3, 0.4) is 0 Å². The summed E-state index contributed by atoms with van der Waals surface area (Å²) in [7, 11) is 4.26. The van der Waals surface area contributed by atoms with Crippen molar-refractivity contribution in [3.8, 4) is 11.1 Å². The number of hydrogen-bond donors (Lipinski definition) is 1. The van der Waals surface area contributed by atoms with E-state index in [1.807, 2.05) is 0 Å². The summed E-state index contributed by atoms with van der Waals surface area (Å²) in [6, 6.07) is 13.6. The first-order valence-corrected chi connectivity index (χ1v) is 9.43. The van der Waals surface area contributed by atoms with Crippen LogP contribution < -0.4 is 5.32 Å². The fourth-order valence-electron chi connectivity index (χ4n) is 4.10. The number of nitrogens with zero attached hydrogens (tertiary/aromatic N) is 4. The van der Waals surface area contributed by atoms with Crippen molar-refractivity contribution < 1.29 is 0 Å². The number of aryl methyl sites for hydroxylation is 1. The lowest BCUT2D eigenvalue weighted by molar-refractivity contribution is 0.414. The van der Waals surface area contributed by atoms with E-state index >= 15 is 0 Å². The molecule has 0 aliphatic carbocycles. The molecule has 27 heavy (non-hydrogen) atoms. The number of anilines is 1. The molecule has 1 aliphatic rings. The first-order valence-electron chi connectivity index (χ1n) is 9.43. The first-order chi connectivity index (χ1) is 13.2. The molecule has 0 spiro atoms. The van der Waals surface area contributed by atoms with Crippen molar-refractivity contribution >= 4 is 27.6 Å². The number of nitrogens with one attached hydrogen (secondary N) is 1. The highest BCUT2D eigenvalue weighted by atomic mass is 15.2. The molecule has 5 nitrogen and oxygen atoms in total. The van der Waals surface area contributed by atoms with Crippen molar-refractivity contribution in [2.75, 3.05) is 25.5 Å². The maximum atomic E-state index is 4.63. The number of likely N-dealkylation sites (tertiary alicyclic amines) is 1. The SMILES string of the molecule is CN1CCC(Nc2cc(-c3ccc4ccn(C)c4c3)c3nccnc3c2)C1. The normalized spacial score (nSPS) is 17.8. The molecule has 5 rings (SSSR count). The standard InChI is InChI=1S/C22H23N5/c1-26-9-6-17(14-26)25-18-12-19(22-20(13-18)23-7-8-24-22)16-4-3-15-5-10-27(2)21(15)11-16/h3-5,7-8,10-13,17,25H,6,9,14H2,1-2H3. The third kappa shape index (κ3) is 2.94. The van der Waals surface area contributed by atoms with E-state index in [0.29, 0.717) is 6.04 Å². The van der Waals surface area contributed by atoms with Gasteiger partial charge >= 0.3 is 0 Å². The van der Waals surface area contributed by atoms with Crippen LogP contribution in [0.15, 0.2) is 55.0 Å². The molecule has 1 N–H and O–H groups in total. The van der Waals surface area contributed by atoms with Crippen LogP contribution in [0.4, 0.5) is 5.69 Å². The molecule has 3 heterocycles. The van der Waals surface area contributed by atoms with Crippen LogP contribution in [0.2, 0.25) is 0 Å². The number of likely N-dealkylation sites (N-methyl/N-ethyl adjacent to an activating group) is 1.